The summed E-state index contributed by atoms with van der Waals surface area (Å²) in [4.78, 5) is 8.85. The van der Waals surface area contributed by atoms with Gasteiger partial charge in [0.05, 0.1) is 5.56 Å². The summed E-state index contributed by atoms with van der Waals surface area (Å²) in [5.74, 6) is 1.49. The predicted octanol–water partition coefficient (Wildman–Crippen LogP) is 7.87. The average Bonchev–Trinajstić information content (AvgIpc) is 2.75. The molecule has 0 N–H and O–H groups in total. The number of aromatic nitrogens is 2. The van der Waals surface area contributed by atoms with Crippen LogP contribution in [0.5, 0.6) is 0 Å². The molecule has 0 aliphatic heterocycles. The first-order valence-corrected chi connectivity index (χ1v) is 11.8. The largest absolute Gasteiger partial charge is 0.240 e. The van der Waals surface area contributed by atoms with Crippen LogP contribution in [-0.4, -0.2) is 9.97 Å². The quantitative estimate of drug-likeness (QED) is 0.301. The fraction of sp³-hybridized carbons (Fsp3) is 0.615. The van der Waals surface area contributed by atoms with Crippen molar-refractivity contribution in [3.63, 3.8) is 0 Å². The number of aryl methyl sites for hydroxylation is 1. The number of halogens is 1. The van der Waals surface area contributed by atoms with Gasteiger partial charge in [0.25, 0.3) is 0 Å². The van der Waals surface area contributed by atoms with Crippen molar-refractivity contribution in [2.75, 3.05) is 0 Å². The van der Waals surface area contributed by atoms with Gasteiger partial charge in [-0.3, -0.25) is 0 Å². The maximum Gasteiger partial charge on any atom is 0.224 e. The molecule has 0 spiro atoms. The van der Waals surface area contributed by atoms with Crippen LogP contribution in [0.3, 0.4) is 0 Å². The molecule has 158 valence electrons. The van der Waals surface area contributed by atoms with E-state index in [0.29, 0.717) is 17.3 Å². The second-order valence-electron chi connectivity index (χ2n) is 8.80. The molecule has 1 aromatic heterocycles. The first-order valence-electron chi connectivity index (χ1n) is 11.8. The lowest BCUT2D eigenvalue weighted by Crippen LogP contribution is -2.16. The lowest BCUT2D eigenvalue weighted by Gasteiger charge is -2.27. The molecule has 0 amide bonds. The minimum absolute atomic E-state index is 0.321. The maximum atomic E-state index is 14.8. The van der Waals surface area contributed by atoms with Gasteiger partial charge in [0.2, 0.25) is 5.95 Å². The zero-order valence-electron chi connectivity index (χ0n) is 18.3. The lowest BCUT2D eigenvalue weighted by atomic mass is 9.79. The normalized spacial score (nSPS) is 19.4. The number of unbranched alkanes of at least 4 members (excludes halogenated alkanes) is 4. The van der Waals surface area contributed by atoms with Crippen molar-refractivity contribution in [1.82, 2.24) is 9.97 Å². The fourth-order valence-electron chi connectivity index (χ4n) is 4.59. The van der Waals surface area contributed by atoms with Crippen molar-refractivity contribution >= 4 is 0 Å². The topological polar surface area (TPSA) is 25.8 Å². The van der Waals surface area contributed by atoms with Gasteiger partial charge < -0.3 is 0 Å². The van der Waals surface area contributed by atoms with E-state index in [2.05, 4.69) is 35.9 Å². The van der Waals surface area contributed by atoms with Gasteiger partial charge in [-0.05, 0) is 55.6 Å². The smallest absolute Gasteiger partial charge is 0.224 e. The molecule has 1 aromatic carbocycles. The number of nitrogens with zero attached hydrogens (tertiary/aromatic N) is 2. The SMILES string of the molecule is CCCCCc1ccc(-c2cnc(C3CCC(CCCCC)CC3)nc2F)cc1. The molecule has 1 heterocycles. The van der Waals surface area contributed by atoms with E-state index in [1.165, 1.54) is 63.4 Å². The van der Waals surface area contributed by atoms with Crippen LogP contribution in [-0.2, 0) is 6.42 Å². The van der Waals surface area contributed by atoms with Crippen LogP contribution < -0.4 is 0 Å². The maximum absolute atomic E-state index is 14.8. The standard InChI is InChI=1S/C26H37FN2/c1-3-5-7-9-20-11-15-22(16-12-20)24-19-28-26(29-25(24)27)23-17-13-21(14-18-23)10-8-6-4-2/h11-12,15-16,19,21,23H,3-10,13-14,17-18H2,1-2H3. The summed E-state index contributed by atoms with van der Waals surface area (Å²) in [5.41, 5.74) is 2.70. The molecule has 1 saturated carbocycles. The van der Waals surface area contributed by atoms with E-state index in [4.69, 9.17) is 0 Å². The van der Waals surface area contributed by atoms with Crippen LogP contribution >= 0.6 is 0 Å². The minimum atomic E-state index is -0.376. The number of rotatable bonds is 10. The van der Waals surface area contributed by atoms with Crippen molar-refractivity contribution in [1.29, 1.82) is 0 Å². The molecule has 0 bridgehead atoms. The van der Waals surface area contributed by atoms with Gasteiger partial charge in [0.15, 0.2) is 0 Å². The Morgan fingerprint density at radius 1 is 0.897 bits per heavy atom. The van der Waals surface area contributed by atoms with Crippen molar-refractivity contribution in [2.24, 2.45) is 5.92 Å². The molecule has 3 rings (SSSR count). The van der Waals surface area contributed by atoms with E-state index in [-0.39, 0.29) is 5.95 Å². The van der Waals surface area contributed by atoms with E-state index in [1.54, 1.807) is 6.20 Å². The van der Waals surface area contributed by atoms with Crippen LogP contribution in [0.15, 0.2) is 30.5 Å². The van der Waals surface area contributed by atoms with Crippen LogP contribution in [0.2, 0.25) is 0 Å². The Labute approximate surface area is 176 Å². The van der Waals surface area contributed by atoms with E-state index >= 15 is 0 Å². The van der Waals surface area contributed by atoms with Gasteiger partial charge in [-0.2, -0.15) is 4.39 Å². The van der Waals surface area contributed by atoms with Gasteiger partial charge in [-0.25, -0.2) is 9.97 Å². The van der Waals surface area contributed by atoms with E-state index < -0.39 is 0 Å². The van der Waals surface area contributed by atoms with Gasteiger partial charge in [0, 0.05) is 12.1 Å². The van der Waals surface area contributed by atoms with Gasteiger partial charge >= 0.3 is 0 Å². The third-order valence-electron chi connectivity index (χ3n) is 6.52. The summed E-state index contributed by atoms with van der Waals surface area (Å²) < 4.78 is 14.8. The highest BCUT2D eigenvalue weighted by Crippen LogP contribution is 2.37. The molecule has 0 radical (unpaired) electrons. The molecular weight excluding hydrogens is 359 g/mol. The highest BCUT2D eigenvalue weighted by Gasteiger charge is 2.24. The third-order valence-corrected chi connectivity index (χ3v) is 6.52. The summed E-state index contributed by atoms with van der Waals surface area (Å²) in [6.45, 7) is 4.48. The Bertz CT molecular complexity index is 733. The van der Waals surface area contributed by atoms with Crippen LogP contribution in [0.1, 0.15) is 102 Å². The van der Waals surface area contributed by atoms with Gasteiger partial charge in [-0.15, -0.1) is 0 Å². The van der Waals surface area contributed by atoms with Crippen LogP contribution in [0.4, 0.5) is 4.39 Å². The molecule has 3 heteroatoms. The Hall–Kier alpha value is -1.77. The highest BCUT2D eigenvalue weighted by atomic mass is 19.1. The molecule has 1 fully saturated rings. The summed E-state index contributed by atoms with van der Waals surface area (Å²) in [7, 11) is 0. The minimum Gasteiger partial charge on any atom is -0.240 e. The van der Waals surface area contributed by atoms with Crippen molar-refractivity contribution in [3.05, 3.63) is 47.8 Å². The lowest BCUT2D eigenvalue weighted by molar-refractivity contribution is 0.296. The summed E-state index contributed by atoms with van der Waals surface area (Å²) >= 11 is 0. The Morgan fingerprint density at radius 2 is 1.59 bits per heavy atom. The molecule has 0 unspecified atom stereocenters. The molecule has 2 nitrogen and oxygen atoms in total. The Morgan fingerprint density at radius 3 is 2.24 bits per heavy atom. The van der Waals surface area contributed by atoms with E-state index in [9.17, 15) is 4.39 Å². The van der Waals surface area contributed by atoms with E-state index in [1.807, 2.05) is 12.1 Å². The van der Waals surface area contributed by atoms with Crippen molar-refractivity contribution in [2.45, 2.75) is 96.8 Å². The number of benzene rings is 1. The first kappa shape index (κ1) is 21.9. The summed E-state index contributed by atoms with van der Waals surface area (Å²) in [5, 5.41) is 0. The highest BCUT2D eigenvalue weighted by molar-refractivity contribution is 5.62. The fourth-order valence-corrected chi connectivity index (χ4v) is 4.59. The average molecular weight is 397 g/mol. The molecular formula is C26H37FN2. The van der Waals surface area contributed by atoms with Crippen molar-refractivity contribution < 1.29 is 4.39 Å². The Balaban J connectivity index is 1.58. The monoisotopic (exact) mass is 396 g/mol. The van der Waals surface area contributed by atoms with E-state index in [0.717, 1.165) is 30.7 Å². The second-order valence-corrected chi connectivity index (χ2v) is 8.80. The third kappa shape index (κ3) is 6.35. The summed E-state index contributed by atoms with van der Waals surface area (Å²) in [6.07, 6.45) is 16.5. The number of hydrogen-bond acceptors (Lipinski definition) is 2. The molecule has 1 aliphatic rings. The summed E-state index contributed by atoms with van der Waals surface area (Å²) in [6, 6.07) is 8.23. The first-order chi connectivity index (χ1) is 14.2. The van der Waals surface area contributed by atoms with Crippen LogP contribution in [0.25, 0.3) is 11.1 Å². The second kappa shape index (κ2) is 11.4. The van der Waals surface area contributed by atoms with Crippen LogP contribution in [0, 0.1) is 11.9 Å². The molecule has 0 saturated heterocycles. The van der Waals surface area contributed by atoms with Gasteiger partial charge in [-0.1, -0.05) is 76.6 Å². The molecule has 29 heavy (non-hydrogen) atoms. The van der Waals surface area contributed by atoms with Crippen molar-refractivity contribution in [3.8, 4) is 11.1 Å². The van der Waals surface area contributed by atoms with Gasteiger partial charge in [0.1, 0.15) is 5.82 Å². The Kier molecular flexibility index (Phi) is 8.64. The molecule has 2 aromatic rings. The predicted molar refractivity (Wildman–Crippen MR) is 119 cm³/mol. The molecule has 1 aliphatic carbocycles. The zero-order chi connectivity index (χ0) is 20.5. The number of hydrogen-bond donors (Lipinski definition) is 0. The zero-order valence-corrected chi connectivity index (χ0v) is 18.3. The molecule has 0 atom stereocenters.